The maximum atomic E-state index is 11.6. The third-order valence-corrected chi connectivity index (χ3v) is 2.98. The molecule has 0 spiro atoms. The van der Waals surface area contributed by atoms with Crippen molar-refractivity contribution in [2.45, 2.75) is 12.6 Å². The first-order chi connectivity index (χ1) is 8.76. The molecule has 1 aromatic rings. The van der Waals surface area contributed by atoms with Crippen LogP contribution in [0.1, 0.15) is 5.56 Å². The summed E-state index contributed by atoms with van der Waals surface area (Å²) < 4.78 is 15.6. The minimum Gasteiger partial charge on any atom is -0.454 e. The van der Waals surface area contributed by atoms with Gasteiger partial charge in [0.15, 0.2) is 11.5 Å². The van der Waals surface area contributed by atoms with Gasteiger partial charge in [0, 0.05) is 6.54 Å². The number of rotatable bonds is 3. The molecule has 2 aliphatic heterocycles. The predicted octanol–water partition coefficient (Wildman–Crippen LogP) is 1.92. The highest BCUT2D eigenvalue weighted by Gasteiger charge is 2.29. The molecule has 2 aliphatic rings. The van der Waals surface area contributed by atoms with Crippen molar-refractivity contribution in [1.82, 2.24) is 4.90 Å². The van der Waals surface area contributed by atoms with Crippen LogP contribution in [0.4, 0.5) is 4.79 Å². The minimum atomic E-state index is -0.308. The Kier molecular flexibility index (Phi) is 2.59. The summed E-state index contributed by atoms with van der Waals surface area (Å²) in [6.45, 7) is 4.92. The molecule has 1 saturated heterocycles. The fourth-order valence-corrected chi connectivity index (χ4v) is 2.04. The van der Waals surface area contributed by atoms with Gasteiger partial charge < -0.3 is 14.2 Å². The van der Waals surface area contributed by atoms with E-state index >= 15 is 0 Å². The lowest BCUT2D eigenvalue weighted by Gasteiger charge is -2.12. The second kappa shape index (κ2) is 4.25. The summed E-state index contributed by atoms with van der Waals surface area (Å²) in [4.78, 5) is 13.2. The molecular formula is C13H13NO4. The average Bonchev–Trinajstić information content (AvgIpc) is 2.96. The maximum absolute atomic E-state index is 11.6. The van der Waals surface area contributed by atoms with Gasteiger partial charge in [-0.15, -0.1) is 0 Å². The fraction of sp³-hybridized carbons (Fsp3) is 0.308. The molecule has 18 heavy (non-hydrogen) atoms. The van der Waals surface area contributed by atoms with Crippen LogP contribution < -0.4 is 9.47 Å². The topological polar surface area (TPSA) is 48.0 Å². The van der Waals surface area contributed by atoms with Gasteiger partial charge >= 0.3 is 6.09 Å². The Morgan fingerprint density at radius 2 is 2.22 bits per heavy atom. The summed E-state index contributed by atoms with van der Waals surface area (Å²) in [5, 5.41) is 0. The highest BCUT2D eigenvalue weighted by atomic mass is 16.7. The summed E-state index contributed by atoms with van der Waals surface area (Å²) in [6, 6.07) is 5.66. The number of ether oxygens (including phenoxy) is 3. The molecule has 1 atom stereocenters. The number of hydrogen-bond acceptors (Lipinski definition) is 4. The van der Waals surface area contributed by atoms with E-state index in [2.05, 4.69) is 6.58 Å². The number of hydrogen-bond donors (Lipinski definition) is 0. The normalized spacial score (nSPS) is 21.0. The van der Waals surface area contributed by atoms with Gasteiger partial charge in [-0.25, -0.2) is 4.79 Å². The van der Waals surface area contributed by atoms with Gasteiger partial charge in [-0.2, -0.15) is 0 Å². The van der Waals surface area contributed by atoms with Crippen LogP contribution in [0.5, 0.6) is 11.5 Å². The number of cyclic esters (lactones) is 1. The van der Waals surface area contributed by atoms with Crippen molar-refractivity contribution in [2.24, 2.45) is 0 Å². The number of amides is 1. The van der Waals surface area contributed by atoms with Gasteiger partial charge in [-0.1, -0.05) is 12.6 Å². The second-order valence-corrected chi connectivity index (χ2v) is 4.23. The van der Waals surface area contributed by atoms with Crippen LogP contribution in [-0.2, 0) is 11.3 Å². The van der Waals surface area contributed by atoms with Crippen LogP contribution in [0.25, 0.3) is 0 Å². The molecule has 1 fully saturated rings. The first kappa shape index (κ1) is 11.0. The van der Waals surface area contributed by atoms with E-state index in [9.17, 15) is 4.79 Å². The lowest BCUT2D eigenvalue weighted by Crippen LogP contribution is -2.24. The molecule has 0 radical (unpaired) electrons. The molecule has 1 aromatic carbocycles. The number of benzene rings is 1. The zero-order chi connectivity index (χ0) is 12.5. The van der Waals surface area contributed by atoms with Crippen LogP contribution in [-0.4, -0.2) is 30.4 Å². The molecule has 0 aliphatic carbocycles. The monoisotopic (exact) mass is 247 g/mol. The van der Waals surface area contributed by atoms with Crippen molar-refractivity contribution in [2.75, 3.05) is 13.3 Å². The Balaban J connectivity index is 1.73. The van der Waals surface area contributed by atoms with Crippen molar-refractivity contribution in [1.29, 1.82) is 0 Å². The molecule has 2 heterocycles. The van der Waals surface area contributed by atoms with Crippen LogP contribution in [0.2, 0.25) is 0 Å². The van der Waals surface area contributed by atoms with E-state index in [1.54, 1.807) is 11.0 Å². The molecule has 1 unspecified atom stereocenters. The smallest absolute Gasteiger partial charge is 0.410 e. The van der Waals surface area contributed by atoms with Crippen molar-refractivity contribution in [3.63, 3.8) is 0 Å². The van der Waals surface area contributed by atoms with Gasteiger partial charge in [-0.05, 0) is 23.8 Å². The quantitative estimate of drug-likeness (QED) is 0.766. The summed E-state index contributed by atoms with van der Waals surface area (Å²) in [7, 11) is 0. The molecule has 94 valence electrons. The number of nitrogens with zero attached hydrogens (tertiary/aromatic N) is 1. The zero-order valence-corrected chi connectivity index (χ0v) is 9.80. The largest absolute Gasteiger partial charge is 0.454 e. The molecule has 3 rings (SSSR count). The fourth-order valence-electron chi connectivity index (χ4n) is 2.04. The Morgan fingerprint density at radius 1 is 1.39 bits per heavy atom. The van der Waals surface area contributed by atoms with Gasteiger partial charge in [-0.3, -0.25) is 4.90 Å². The highest BCUT2D eigenvalue weighted by Crippen LogP contribution is 2.33. The second-order valence-electron chi connectivity index (χ2n) is 4.23. The van der Waals surface area contributed by atoms with Crippen LogP contribution in [0, 0.1) is 0 Å². The molecule has 0 N–H and O–H groups in total. The Bertz CT molecular complexity index is 500. The van der Waals surface area contributed by atoms with E-state index < -0.39 is 0 Å². The zero-order valence-electron chi connectivity index (χ0n) is 9.80. The Labute approximate surface area is 105 Å². The summed E-state index contributed by atoms with van der Waals surface area (Å²) in [5.74, 6) is 1.46. The van der Waals surface area contributed by atoms with Gasteiger partial charge in [0.2, 0.25) is 6.79 Å². The predicted molar refractivity (Wildman–Crippen MR) is 63.4 cm³/mol. The van der Waals surface area contributed by atoms with Gasteiger partial charge in [0.1, 0.15) is 6.10 Å². The van der Waals surface area contributed by atoms with Crippen molar-refractivity contribution in [3.05, 3.63) is 36.4 Å². The summed E-state index contributed by atoms with van der Waals surface area (Å²) in [6.07, 6.45) is 1.11. The lowest BCUT2D eigenvalue weighted by molar-refractivity contribution is 0.144. The maximum Gasteiger partial charge on any atom is 0.410 e. The number of fused-ring (bicyclic) bond motifs is 1. The SMILES string of the molecule is C=CC1CN(Cc2ccc3c(c2)OCO3)C(=O)O1. The molecule has 0 bridgehead atoms. The van der Waals surface area contributed by atoms with E-state index in [0.29, 0.717) is 13.1 Å². The van der Waals surface area contributed by atoms with Crippen molar-refractivity contribution < 1.29 is 19.0 Å². The van der Waals surface area contributed by atoms with E-state index in [4.69, 9.17) is 14.2 Å². The number of carbonyl (C=O) groups is 1. The van der Waals surface area contributed by atoms with Crippen LogP contribution in [0.15, 0.2) is 30.9 Å². The molecule has 0 aromatic heterocycles. The first-order valence-corrected chi connectivity index (χ1v) is 5.73. The minimum absolute atomic E-state index is 0.216. The molecule has 5 heteroatoms. The van der Waals surface area contributed by atoms with Crippen LogP contribution in [0.3, 0.4) is 0 Å². The van der Waals surface area contributed by atoms with Gasteiger partial charge in [0.25, 0.3) is 0 Å². The standard InChI is InChI=1S/C13H13NO4/c1-2-10-7-14(13(15)18-10)6-9-3-4-11-12(5-9)17-8-16-11/h2-5,10H,1,6-8H2. The molecular weight excluding hydrogens is 234 g/mol. The molecule has 0 saturated carbocycles. The highest BCUT2D eigenvalue weighted by molar-refractivity contribution is 5.70. The van der Waals surface area contributed by atoms with E-state index in [-0.39, 0.29) is 19.0 Å². The van der Waals surface area contributed by atoms with E-state index in [0.717, 1.165) is 17.1 Å². The average molecular weight is 247 g/mol. The first-order valence-electron chi connectivity index (χ1n) is 5.73. The van der Waals surface area contributed by atoms with E-state index in [1.807, 2.05) is 18.2 Å². The lowest BCUT2D eigenvalue weighted by atomic mass is 10.2. The van der Waals surface area contributed by atoms with Gasteiger partial charge in [0.05, 0.1) is 6.54 Å². The molecule has 5 nitrogen and oxygen atoms in total. The third-order valence-electron chi connectivity index (χ3n) is 2.98. The van der Waals surface area contributed by atoms with Crippen LogP contribution >= 0.6 is 0 Å². The Morgan fingerprint density at radius 3 is 3.00 bits per heavy atom. The van der Waals surface area contributed by atoms with Crippen molar-refractivity contribution in [3.8, 4) is 11.5 Å². The van der Waals surface area contributed by atoms with E-state index in [1.165, 1.54) is 0 Å². The summed E-state index contributed by atoms with van der Waals surface area (Å²) >= 11 is 0. The van der Waals surface area contributed by atoms with Crippen molar-refractivity contribution >= 4 is 6.09 Å². The number of carbonyl (C=O) groups excluding carboxylic acids is 1. The Hall–Kier alpha value is -2.17. The third kappa shape index (κ3) is 1.88. The summed E-state index contributed by atoms with van der Waals surface area (Å²) in [5.41, 5.74) is 0.987. The molecule has 1 amide bonds.